The zero-order valence-electron chi connectivity index (χ0n) is 8.95. The minimum atomic E-state index is -4.61. The Labute approximate surface area is 97.2 Å². The second-order valence-corrected chi connectivity index (χ2v) is 5.00. The fourth-order valence-electron chi connectivity index (χ4n) is 1.31. The summed E-state index contributed by atoms with van der Waals surface area (Å²) in [6, 6.07) is 0. The first-order valence-corrected chi connectivity index (χ1v) is 6.31. The number of carbonyl (C=O) groups is 3. The van der Waals surface area contributed by atoms with Gasteiger partial charge in [0.25, 0.3) is 21.9 Å². The Kier molecular flexibility index (Phi) is 3.83. The number of rotatable bonds is 4. The van der Waals surface area contributed by atoms with Gasteiger partial charge in [0, 0.05) is 12.8 Å². The normalized spacial score (nSPS) is 18.4. The van der Waals surface area contributed by atoms with Crippen molar-refractivity contribution in [3.63, 3.8) is 0 Å². The summed E-state index contributed by atoms with van der Waals surface area (Å²) < 4.78 is 30.4. The molecule has 8 nitrogen and oxygen atoms in total. The summed E-state index contributed by atoms with van der Waals surface area (Å²) >= 11 is 0. The standard InChI is InChI=1S/C8H11NO7S/c1-2-5(17(13,14)15)8(12)16-9-6(10)3-4-7(9)11/h5H,2-4H2,1H3,(H,13,14,15). The molecule has 96 valence electrons. The van der Waals surface area contributed by atoms with Crippen LogP contribution in [0.4, 0.5) is 0 Å². The van der Waals surface area contributed by atoms with Crippen LogP contribution in [0.3, 0.4) is 0 Å². The summed E-state index contributed by atoms with van der Waals surface area (Å²) in [6.07, 6.45) is -0.405. The maximum atomic E-state index is 11.4. The quantitative estimate of drug-likeness (QED) is 0.525. The Morgan fingerprint density at radius 3 is 2.24 bits per heavy atom. The van der Waals surface area contributed by atoms with Gasteiger partial charge in [0.1, 0.15) is 0 Å². The van der Waals surface area contributed by atoms with Gasteiger partial charge in [0.05, 0.1) is 0 Å². The maximum Gasteiger partial charge on any atom is 0.353 e. The lowest BCUT2D eigenvalue weighted by Gasteiger charge is -2.15. The van der Waals surface area contributed by atoms with E-state index < -0.39 is 33.2 Å². The van der Waals surface area contributed by atoms with Crippen LogP contribution < -0.4 is 0 Å². The van der Waals surface area contributed by atoms with Crippen molar-refractivity contribution < 1.29 is 32.2 Å². The number of nitrogens with zero attached hydrogens (tertiary/aromatic N) is 1. The smallest absolute Gasteiger partial charge is 0.329 e. The number of carbonyl (C=O) groups excluding carboxylic acids is 3. The molecule has 1 N–H and O–H groups in total. The average Bonchev–Trinajstić information content (AvgIpc) is 2.48. The minimum absolute atomic E-state index is 0.0885. The molecule has 1 atom stereocenters. The van der Waals surface area contributed by atoms with Gasteiger partial charge in [0.15, 0.2) is 5.25 Å². The van der Waals surface area contributed by atoms with Gasteiger partial charge < -0.3 is 4.84 Å². The van der Waals surface area contributed by atoms with Crippen molar-refractivity contribution in [1.82, 2.24) is 5.06 Å². The second kappa shape index (κ2) is 4.80. The Bertz CT molecular complexity index is 438. The number of hydrogen-bond acceptors (Lipinski definition) is 6. The lowest BCUT2D eigenvalue weighted by Crippen LogP contribution is -2.39. The van der Waals surface area contributed by atoms with Crippen LogP contribution in [0.5, 0.6) is 0 Å². The molecule has 1 aliphatic heterocycles. The fraction of sp³-hybridized carbons (Fsp3) is 0.625. The molecule has 2 amide bonds. The van der Waals surface area contributed by atoms with E-state index in [4.69, 9.17) is 4.55 Å². The van der Waals surface area contributed by atoms with Gasteiger partial charge in [-0.1, -0.05) is 6.92 Å². The fourth-order valence-corrected chi connectivity index (χ4v) is 2.01. The average molecular weight is 265 g/mol. The Balaban J connectivity index is 2.78. The van der Waals surface area contributed by atoms with Gasteiger partial charge >= 0.3 is 5.97 Å². The van der Waals surface area contributed by atoms with E-state index in [1.54, 1.807) is 0 Å². The molecule has 0 aromatic carbocycles. The molecular weight excluding hydrogens is 254 g/mol. The van der Waals surface area contributed by atoms with Crippen molar-refractivity contribution in [2.45, 2.75) is 31.4 Å². The molecule has 1 rings (SSSR count). The summed E-state index contributed by atoms with van der Waals surface area (Å²) in [4.78, 5) is 37.9. The highest BCUT2D eigenvalue weighted by Crippen LogP contribution is 2.15. The summed E-state index contributed by atoms with van der Waals surface area (Å²) in [5.74, 6) is -2.78. The van der Waals surface area contributed by atoms with Crippen LogP contribution in [0.1, 0.15) is 26.2 Å². The van der Waals surface area contributed by atoms with Gasteiger partial charge in [0.2, 0.25) is 0 Å². The Hall–Kier alpha value is -1.48. The molecule has 0 bridgehead atoms. The largest absolute Gasteiger partial charge is 0.353 e. The molecule has 17 heavy (non-hydrogen) atoms. The van der Waals surface area contributed by atoms with E-state index in [1.807, 2.05) is 0 Å². The summed E-state index contributed by atoms with van der Waals surface area (Å²) in [6.45, 7) is 1.34. The van der Waals surface area contributed by atoms with Crippen LogP contribution in [0.25, 0.3) is 0 Å². The number of hydroxylamine groups is 2. The van der Waals surface area contributed by atoms with Crippen LogP contribution in [-0.2, 0) is 29.3 Å². The van der Waals surface area contributed by atoms with E-state index in [0.29, 0.717) is 0 Å². The minimum Gasteiger partial charge on any atom is -0.329 e. The molecule has 9 heteroatoms. The van der Waals surface area contributed by atoms with Gasteiger partial charge in [-0.25, -0.2) is 4.79 Å². The van der Waals surface area contributed by atoms with Gasteiger partial charge in [-0.3, -0.25) is 14.1 Å². The molecule has 0 radical (unpaired) electrons. The zero-order chi connectivity index (χ0) is 13.2. The van der Waals surface area contributed by atoms with Crippen molar-refractivity contribution in [1.29, 1.82) is 0 Å². The molecule has 0 saturated carbocycles. The van der Waals surface area contributed by atoms with Gasteiger partial charge in [-0.05, 0) is 6.42 Å². The SMILES string of the molecule is CCC(C(=O)ON1C(=O)CCC1=O)S(=O)(=O)O. The molecule has 0 aliphatic carbocycles. The van der Waals surface area contributed by atoms with Gasteiger partial charge in [-0.15, -0.1) is 5.06 Å². The van der Waals surface area contributed by atoms with Crippen LogP contribution in [0.15, 0.2) is 0 Å². The first-order chi connectivity index (χ1) is 7.77. The van der Waals surface area contributed by atoms with E-state index >= 15 is 0 Å². The molecule has 0 spiro atoms. The Morgan fingerprint density at radius 1 is 1.41 bits per heavy atom. The summed E-state index contributed by atoms with van der Waals surface area (Å²) in [7, 11) is -4.61. The summed E-state index contributed by atoms with van der Waals surface area (Å²) in [5, 5.41) is -1.57. The van der Waals surface area contributed by atoms with Crippen molar-refractivity contribution in [2.75, 3.05) is 0 Å². The predicted octanol–water partition coefficient (Wildman–Crippen LogP) is -0.740. The maximum absolute atomic E-state index is 11.4. The lowest BCUT2D eigenvalue weighted by molar-refractivity contribution is -0.197. The van der Waals surface area contributed by atoms with Crippen molar-refractivity contribution in [2.24, 2.45) is 0 Å². The monoisotopic (exact) mass is 265 g/mol. The van der Waals surface area contributed by atoms with E-state index in [9.17, 15) is 22.8 Å². The highest BCUT2D eigenvalue weighted by atomic mass is 32.2. The Morgan fingerprint density at radius 2 is 1.88 bits per heavy atom. The summed E-state index contributed by atoms with van der Waals surface area (Å²) in [5.41, 5.74) is 0. The third kappa shape index (κ3) is 3.01. The molecule has 1 fully saturated rings. The molecular formula is C8H11NO7S. The molecule has 1 aliphatic rings. The third-order valence-electron chi connectivity index (χ3n) is 2.18. The number of amides is 2. The number of imide groups is 1. The molecule has 1 saturated heterocycles. The van der Waals surface area contributed by atoms with Crippen molar-refractivity contribution >= 4 is 27.9 Å². The molecule has 0 aromatic heterocycles. The topological polar surface area (TPSA) is 118 Å². The van der Waals surface area contributed by atoms with Crippen LogP contribution in [-0.4, -0.2) is 41.1 Å². The molecule has 0 aromatic rings. The first-order valence-electron chi connectivity index (χ1n) is 4.81. The van der Waals surface area contributed by atoms with E-state index in [-0.39, 0.29) is 24.3 Å². The van der Waals surface area contributed by atoms with Gasteiger partial charge in [-0.2, -0.15) is 8.42 Å². The van der Waals surface area contributed by atoms with Crippen molar-refractivity contribution in [3.05, 3.63) is 0 Å². The highest BCUT2D eigenvalue weighted by Gasteiger charge is 2.38. The lowest BCUT2D eigenvalue weighted by atomic mass is 10.3. The molecule has 1 heterocycles. The number of hydrogen-bond donors (Lipinski definition) is 1. The third-order valence-corrected chi connectivity index (χ3v) is 3.43. The van der Waals surface area contributed by atoms with Crippen LogP contribution in [0, 0.1) is 0 Å². The predicted molar refractivity (Wildman–Crippen MR) is 52.8 cm³/mol. The van der Waals surface area contributed by atoms with Crippen molar-refractivity contribution in [3.8, 4) is 0 Å². The van der Waals surface area contributed by atoms with Crippen LogP contribution >= 0.6 is 0 Å². The second-order valence-electron chi connectivity index (χ2n) is 3.40. The first kappa shape index (κ1) is 13.6. The van der Waals surface area contributed by atoms with E-state index in [0.717, 1.165) is 0 Å². The zero-order valence-corrected chi connectivity index (χ0v) is 9.77. The van der Waals surface area contributed by atoms with E-state index in [2.05, 4.69) is 4.84 Å². The van der Waals surface area contributed by atoms with Crippen LogP contribution in [0.2, 0.25) is 0 Å². The van der Waals surface area contributed by atoms with E-state index in [1.165, 1.54) is 6.92 Å². The highest BCUT2D eigenvalue weighted by molar-refractivity contribution is 7.87. The molecule has 1 unspecified atom stereocenters.